The summed E-state index contributed by atoms with van der Waals surface area (Å²) in [5.74, 6) is 0.506. The minimum absolute atomic E-state index is 0.506. The molecule has 0 bridgehead atoms. The first-order valence-electron chi connectivity index (χ1n) is 6.57. The lowest BCUT2D eigenvalue weighted by Crippen LogP contribution is -2.05. The van der Waals surface area contributed by atoms with Gasteiger partial charge in [0, 0.05) is 10.6 Å². The Labute approximate surface area is 130 Å². The Morgan fingerprint density at radius 1 is 1.25 bits per heavy atom. The van der Waals surface area contributed by atoms with E-state index in [0.29, 0.717) is 5.95 Å². The summed E-state index contributed by atoms with van der Waals surface area (Å²) in [4.78, 5) is 4.51. The van der Waals surface area contributed by atoms with Gasteiger partial charge in [-0.05, 0) is 53.3 Å². The number of aryl methyl sites for hydroxylation is 2. The highest BCUT2D eigenvalue weighted by Gasteiger charge is 2.18. The number of imidazole rings is 1. The van der Waals surface area contributed by atoms with Gasteiger partial charge in [0.05, 0.1) is 11.4 Å². The van der Waals surface area contributed by atoms with Crippen molar-refractivity contribution in [2.75, 3.05) is 5.73 Å². The van der Waals surface area contributed by atoms with Gasteiger partial charge in [0.2, 0.25) is 5.95 Å². The minimum atomic E-state index is 0.506. The predicted octanol–water partition coefficient (Wildman–Crippen LogP) is 2.90. The zero-order chi connectivity index (χ0) is 14.3. The van der Waals surface area contributed by atoms with Crippen LogP contribution in [-0.2, 0) is 13.5 Å². The van der Waals surface area contributed by atoms with E-state index in [1.165, 1.54) is 3.57 Å². The molecule has 0 aliphatic heterocycles. The molecule has 0 aliphatic rings. The Kier molecular flexibility index (Phi) is 3.41. The molecule has 104 valence electrons. The molecular weight excluding hydrogens is 365 g/mol. The molecule has 6 heteroatoms. The third-order valence-corrected chi connectivity index (χ3v) is 4.02. The van der Waals surface area contributed by atoms with Crippen LogP contribution in [0.15, 0.2) is 24.3 Å². The van der Waals surface area contributed by atoms with Crippen LogP contribution in [0.4, 0.5) is 5.95 Å². The number of nitrogens with zero attached hydrogens (tertiary/aromatic N) is 4. The molecule has 3 aromatic rings. The van der Waals surface area contributed by atoms with Crippen LogP contribution in [0.5, 0.6) is 0 Å². The van der Waals surface area contributed by atoms with E-state index in [1.54, 1.807) is 0 Å². The van der Waals surface area contributed by atoms with E-state index in [1.807, 2.05) is 28.4 Å². The molecule has 2 aromatic heterocycles. The molecule has 0 aliphatic carbocycles. The third kappa shape index (κ3) is 2.07. The van der Waals surface area contributed by atoms with Crippen LogP contribution in [0.3, 0.4) is 0 Å². The summed E-state index contributed by atoms with van der Waals surface area (Å²) < 4.78 is 5.01. The van der Waals surface area contributed by atoms with E-state index >= 15 is 0 Å². The topological polar surface area (TPSA) is 61.7 Å². The summed E-state index contributed by atoms with van der Waals surface area (Å²) in [5.41, 5.74) is 9.99. The SMILES string of the molecule is CCCc1nn(C)c2c1nc(N)n2-c1ccc(I)cc1. The van der Waals surface area contributed by atoms with Crippen LogP contribution < -0.4 is 5.73 Å². The summed E-state index contributed by atoms with van der Waals surface area (Å²) in [6.45, 7) is 2.14. The maximum atomic E-state index is 6.11. The Morgan fingerprint density at radius 2 is 1.95 bits per heavy atom. The summed E-state index contributed by atoms with van der Waals surface area (Å²) in [6, 6.07) is 8.21. The van der Waals surface area contributed by atoms with Gasteiger partial charge in [0.25, 0.3) is 0 Å². The van der Waals surface area contributed by atoms with Gasteiger partial charge in [-0.1, -0.05) is 13.3 Å². The molecule has 0 fully saturated rings. The Balaban J connectivity index is 2.25. The maximum absolute atomic E-state index is 6.11. The highest BCUT2D eigenvalue weighted by atomic mass is 127. The molecule has 0 saturated carbocycles. The average Bonchev–Trinajstić information content (AvgIpc) is 2.90. The van der Waals surface area contributed by atoms with Crippen molar-refractivity contribution in [2.45, 2.75) is 19.8 Å². The van der Waals surface area contributed by atoms with E-state index in [2.05, 4.69) is 51.7 Å². The number of aromatic nitrogens is 4. The lowest BCUT2D eigenvalue weighted by atomic mass is 10.2. The van der Waals surface area contributed by atoms with Crippen molar-refractivity contribution in [1.82, 2.24) is 19.3 Å². The first-order chi connectivity index (χ1) is 9.61. The molecule has 0 saturated heterocycles. The number of benzene rings is 1. The quantitative estimate of drug-likeness (QED) is 0.710. The van der Waals surface area contributed by atoms with Crippen molar-refractivity contribution < 1.29 is 0 Å². The van der Waals surface area contributed by atoms with Crippen molar-refractivity contribution in [3.8, 4) is 5.69 Å². The zero-order valence-electron chi connectivity index (χ0n) is 11.5. The monoisotopic (exact) mass is 381 g/mol. The number of fused-ring (bicyclic) bond motifs is 1. The van der Waals surface area contributed by atoms with Crippen LogP contribution in [0.1, 0.15) is 19.0 Å². The number of nitrogens with two attached hydrogens (primary N) is 1. The molecule has 0 radical (unpaired) electrons. The number of nitrogen functional groups attached to an aromatic ring is 1. The Hall–Kier alpha value is -1.57. The van der Waals surface area contributed by atoms with Crippen molar-refractivity contribution in [2.24, 2.45) is 7.05 Å². The average molecular weight is 381 g/mol. The van der Waals surface area contributed by atoms with Gasteiger partial charge in [-0.15, -0.1) is 0 Å². The molecule has 1 aromatic carbocycles. The summed E-state index contributed by atoms with van der Waals surface area (Å²) >= 11 is 2.29. The fraction of sp³-hybridized carbons (Fsp3) is 0.286. The molecule has 0 amide bonds. The van der Waals surface area contributed by atoms with Crippen molar-refractivity contribution in [3.05, 3.63) is 33.5 Å². The first-order valence-corrected chi connectivity index (χ1v) is 7.65. The van der Waals surface area contributed by atoms with E-state index < -0.39 is 0 Å². The van der Waals surface area contributed by atoms with E-state index in [4.69, 9.17) is 5.73 Å². The lowest BCUT2D eigenvalue weighted by molar-refractivity contribution is 0.738. The Morgan fingerprint density at radius 3 is 2.60 bits per heavy atom. The predicted molar refractivity (Wildman–Crippen MR) is 89.0 cm³/mol. The zero-order valence-corrected chi connectivity index (χ0v) is 13.6. The van der Waals surface area contributed by atoms with Crippen molar-refractivity contribution >= 4 is 39.7 Å². The standard InChI is InChI=1S/C14H16IN5/c1-3-4-11-12-13(19(2)18-11)20(14(16)17-12)10-7-5-9(15)6-8-10/h5-8H,3-4H2,1-2H3,(H2,16,17). The Bertz CT molecular complexity index is 754. The van der Waals surface area contributed by atoms with Crippen LogP contribution in [-0.4, -0.2) is 19.3 Å². The van der Waals surface area contributed by atoms with Crippen molar-refractivity contribution in [1.29, 1.82) is 0 Å². The fourth-order valence-corrected chi connectivity index (χ4v) is 2.81. The molecule has 0 atom stereocenters. The van der Waals surface area contributed by atoms with E-state index in [0.717, 1.165) is 35.4 Å². The van der Waals surface area contributed by atoms with Crippen LogP contribution in [0, 0.1) is 3.57 Å². The molecule has 20 heavy (non-hydrogen) atoms. The largest absolute Gasteiger partial charge is 0.369 e. The molecule has 5 nitrogen and oxygen atoms in total. The number of hydrogen-bond acceptors (Lipinski definition) is 3. The second kappa shape index (κ2) is 5.08. The highest BCUT2D eigenvalue weighted by molar-refractivity contribution is 14.1. The van der Waals surface area contributed by atoms with Crippen LogP contribution in [0.2, 0.25) is 0 Å². The minimum Gasteiger partial charge on any atom is -0.369 e. The third-order valence-electron chi connectivity index (χ3n) is 3.30. The van der Waals surface area contributed by atoms with Crippen LogP contribution in [0.25, 0.3) is 16.9 Å². The van der Waals surface area contributed by atoms with Gasteiger partial charge in [-0.2, -0.15) is 5.10 Å². The summed E-state index contributed by atoms with van der Waals surface area (Å²) in [7, 11) is 1.94. The van der Waals surface area contributed by atoms with Crippen LogP contribution >= 0.6 is 22.6 Å². The number of hydrogen-bond donors (Lipinski definition) is 1. The van der Waals surface area contributed by atoms with Gasteiger partial charge in [-0.25, -0.2) is 9.67 Å². The summed E-state index contributed by atoms with van der Waals surface area (Å²) in [6.07, 6.45) is 1.96. The molecular formula is C14H16IN5. The van der Waals surface area contributed by atoms with Crippen molar-refractivity contribution in [3.63, 3.8) is 0 Å². The second-order valence-electron chi connectivity index (χ2n) is 4.77. The molecule has 2 N–H and O–H groups in total. The summed E-state index contributed by atoms with van der Waals surface area (Å²) in [5, 5.41) is 4.56. The highest BCUT2D eigenvalue weighted by Crippen LogP contribution is 2.26. The molecule has 2 heterocycles. The van der Waals surface area contributed by atoms with E-state index in [-0.39, 0.29) is 0 Å². The number of rotatable bonds is 3. The fourth-order valence-electron chi connectivity index (χ4n) is 2.45. The maximum Gasteiger partial charge on any atom is 0.207 e. The molecule has 0 spiro atoms. The normalized spacial score (nSPS) is 11.3. The van der Waals surface area contributed by atoms with E-state index in [9.17, 15) is 0 Å². The second-order valence-corrected chi connectivity index (χ2v) is 6.02. The molecule has 3 rings (SSSR count). The smallest absolute Gasteiger partial charge is 0.207 e. The van der Waals surface area contributed by atoms with Gasteiger partial charge in [-0.3, -0.25) is 4.57 Å². The van der Waals surface area contributed by atoms with Gasteiger partial charge in [0.1, 0.15) is 5.52 Å². The lowest BCUT2D eigenvalue weighted by Gasteiger charge is -2.06. The van der Waals surface area contributed by atoms with Gasteiger partial charge < -0.3 is 5.73 Å². The van der Waals surface area contributed by atoms with Gasteiger partial charge in [0.15, 0.2) is 5.65 Å². The first kappa shape index (κ1) is 13.4. The number of anilines is 1. The molecule has 0 unspecified atom stereocenters. The van der Waals surface area contributed by atoms with Gasteiger partial charge >= 0.3 is 0 Å². The number of halogens is 1.